The van der Waals surface area contributed by atoms with E-state index >= 15 is 0 Å². The van der Waals surface area contributed by atoms with E-state index in [9.17, 15) is 0 Å². The summed E-state index contributed by atoms with van der Waals surface area (Å²) in [6.45, 7) is 12.8. The molecule has 1 aromatic rings. The summed E-state index contributed by atoms with van der Waals surface area (Å²) in [5.74, 6) is 0. The first-order valence-electron chi connectivity index (χ1n) is 7.87. The van der Waals surface area contributed by atoms with Gasteiger partial charge in [-0.1, -0.05) is 50.3 Å². The highest BCUT2D eigenvalue weighted by atomic mass is 28.3. The maximum Gasteiger partial charge on any atom is 0.349 e. The SMILES string of the molecule is CCC(C)(C)O[SiH](C=Cc1ccccc1)OC(C)(C)CC. The summed E-state index contributed by atoms with van der Waals surface area (Å²) in [6, 6.07) is 10.3. The van der Waals surface area contributed by atoms with Gasteiger partial charge in [0.25, 0.3) is 0 Å². The van der Waals surface area contributed by atoms with Crippen LogP contribution in [0.3, 0.4) is 0 Å². The van der Waals surface area contributed by atoms with Crippen molar-refractivity contribution in [3.8, 4) is 0 Å². The second kappa shape index (κ2) is 7.92. The lowest BCUT2D eigenvalue weighted by molar-refractivity contribution is 0.0193. The second-order valence-electron chi connectivity index (χ2n) is 6.60. The lowest BCUT2D eigenvalue weighted by Crippen LogP contribution is -2.39. The number of hydrogen-bond donors (Lipinski definition) is 0. The van der Waals surface area contributed by atoms with Gasteiger partial charge in [-0.2, -0.15) is 0 Å². The molecule has 0 spiro atoms. The largest absolute Gasteiger partial charge is 0.388 e. The van der Waals surface area contributed by atoms with Crippen molar-refractivity contribution >= 4 is 15.4 Å². The van der Waals surface area contributed by atoms with E-state index in [2.05, 4.69) is 65.5 Å². The maximum atomic E-state index is 6.28. The van der Waals surface area contributed by atoms with Gasteiger partial charge in [-0.15, -0.1) is 0 Å². The molecule has 0 bridgehead atoms. The Morgan fingerprint density at radius 1 is 0.905 bits per heavy atom. The Kier molecular flexibility index (Phi) is 6.85. The zero-order chi connectivity index (χ0) is 15.9. The fourth-order valence-corrected chi connectivity index (χ4v) is 3.83. The van der Waals surface area contributed by atoms with E-state index in [1.807, 2.05) is 18.2 Å². The first kappa shape index (κ1) is 18.1. The van der Waals surface area contributed by atoms with E-state index in [1.54, 1.807) is 0 Å². The molecule has 1 aromatic carbocycles. The molecule has 2 nitrogen and oxygen atoms in total. The normalized spacial score (nSPS) is 13.3. The standard InChI is InChI=1S/C18H30O2Si/c1-7-17(3,4)19-21(20-18(5,6)8-2)15-14-16-12-10-9-11-13-16/h9-15,21H,7-8H2,1-6H3. The number of rotatable bonds is 8. The lowest BCUT2D eigenvalue weighted by atomic mass is 10.1. The van der Waals surface area contributed by atoms with Crippen LogP contribution in [-0.4, -0.2) is 20.5 Å². The Morgan fingerprint density at radius 3 is 1.81 bits per heavy atom. The summed E-state index contributed by atoms with van der Waals surface area (Å²) in [5, 5.41) is 0. The van der Waals surface area contributed by atoms with Crippen molar-refractivity contribution in [3.63, 3.8) is 0 Å². The highest BCUT2D eigenvalue weighted by molar-refractivity contribution is 6.52. The van der Waals surface area contributed by atoms with Crippen LogP contribution in [0.15, 0.2) is 36.0 Å². The minimum atomic E-state index is -1.87. The van der Waals surface area contributed by atoms with E-state index in [0.29, 0.717) is 0 Å². The monoisotopic (exact) mass is 306 g/mol. The summed E-state index contributed by atoms with van der Waals surface area (Å²) in [6.07, 6.45) is 4.07. The third-order valence-corrected chi connectivity index (χ3v) is 6.07. The molecular formula is C18H30O2Si. The number of hydrogen-bond acceptors (Lipinski definition) is 2. The average Bonchev–Trinajstić information content (AvgIpc) is 2.45. The molecule has 0 radical (unpaired) electrons. The topological polar surface area (TPSA) is 18.5 Å². The molecule has 0 amide bonds. The molecule has 0 saturated carbocycles. The van der Waals surface area contributed by atoms with Crippen LogP contribution in [0.2, 0.25) is 0 Å². The first-order valence-corrected chi connectivity index (χ1v) is 9.48. The van der Waals surface area contributed by atoms with E-state index in [0.717, 1.165) is 12.8 Å². The molecule has 0 fully saturated rings. The van der Waals surface area contributed by atoms with Crippen molar-refractivity contribution < 1.29 is 8.85 Å². The number of benzene rings is 1. The average molecular weight is 307 g/mol. The van der Waals surface area contributed by atoms with Gasteiger partial charge in [-0.25, -0.2) is 0 Å². The maximum absolute atomic E-state index is 6.28. The molecule has 118 valence electrons. The Balaban J connectivity index is 2.83. The van der Waals surface area contributed by atoms with Gasteiger partial charge in [0.2, 0.25) is 0 Å². The molecule has 0 aliphatic heterocycles. The van der Waals surface area contributed by atoms with Crippen LogP contribution >= 0.6 is 0 Å². The van der Waals surface area contributed by atoms with Crippen LogP contribution in [0.5, 0.6) is 0 Å². The molecule has 0 aliphatic rings. The van der Waals surface area contributed by atoms with Crippen molar-refractivity contribution in [3.05, 3.63) is 41.6 Å². The van der Waals surface area contributed by atoms with Crippen molar-refractivity contribution in [1.82, 2.24) is 0 Å². The van der Waals surface area contributed by atoms with Gasteiger partial charge in [-0.3, -0.25) is 0 Å². The van der Waals surface area contributed by atoms with Gasteiger partial charge in [-0.05, 0) is 51.8 Å². The van der Waals surface area contributed by atoms with E-state index < -0.39 is 9.28 Å². The van der Waals surface area contributed by atoms with E-state index in [4.69, 9.17) is 8.85 Å². The molecule has 1 rings (SSSR count). The summed E-state index contributed by atoms with van der Waals surface area (Å²) in [4.78, 5) is 0. The molecule has 0 aromatic heterocycles. The van der Waals surface area contributed by atoms with Crippen LogP contribution in [0, 0.1) is 0 Å². The molecule has 0 heterocycles. The van der Waals surface area contributed by atoms with Crippen LogP contribution in [0.25, 0.3) is 6.08 Å². The Morgan fingerprint density at radius 2 is 1.38 bits per heavy atom. The van der Waals surface area contributed by atoms with Crippen molar-refractivity contribution in [2.75, 3.05) is 0 Å². The Labute approximate surface area is 132 Å². The van der Waals surface area contributed by atoms with Crippen molar-refractivity contribution in [1.29, 1.82) is 0 Å². The van der Waals surface area contributed by atoms with Crippen LogP contribution in [0.4, 0.5) is 0 Å². The van der Waals surface area contributed by atoms with Crippen molar-refractivity contribution in [2.24, 2.45) is 0 Å². The quantitative estimate of drug-likeness (QED) is 0.638. The Hall–Kier alpha value is -0.903. The van der Waals surface area contributed by atoms with Crippen molar-refractivity contribution in [2.45, 2.75) is 65.6 Å². The third-order valence-electron chi connectivity index (χ3n) is 3.82. The van der Waals surface area contributed by atoms with E-state index in [-0.39, 0.29) is 11.2 Å². The van der Waals surface area contributed by atoms with Gasteiger partial charge in [0, 0.05) is 0 Å². The molecule has 0 saturated heterocycles. The zero-order valence-electron chi connectivity index (χ0n) is 14.3. The summed E-state index contributed by atoms with van der Waals surface area (Å²) in [7, 11) is -1.87. The molecule has 0 N–H and O–H groups in total. The molecule has 21 heavy (non-hydrogen) atoms. The van der Waals surface area contributed by atoms with Crippen LogP contribution in [0.1, 0.15) is 59.9 Å². The minimum Gasteiger partial charge on any atom is -0.388 e. The fourth-order valence-electron chi connectivity index (χ4n) is 1.65. The summed E-state index contributed by atoms with van der Waals surface area (Å²) in [5.41, 5.74) is 3.05. The van der Waals surface area contributed by atoms with Crippen LogP contribution < -0.4 is 0 Å². The summed E-state index contributed by atoms with van der Waals surface area (Å²) >= 11 is 0. The molecule has 0 atom stereocenters. The summed E-state index contributed by atoms with van der Waals surface area (Å²) < 4.78 is 12.6. The van der Waals surface area contributed by atoms with Gasteiger partial charge in [0.1, 0.15) is 0 Å². The van der Waals surface area contributed by atoms with E-state index in [1.165, 1.54) is 5.56 Å². The van der Waals surface area contributed by atoms with Gasteiger partial charge in [0.15, 0.2) is 0 Å². The zero-order valence-corrected chi connectivity index (χ0v) is 15.5. The molecule has 3 heteroatoms. The third kappa shape index (κ3) is 7.07. The highest BCUT2D eigenvalue weighted by Gasteiger charge is 2.27. The first-order chi connectivity index (χ1) is 9.78. The predicted molar refractivity (Wildman–Crippen MR) is 93.5 cm³/mol. The highest BCUT2D eigenvalue weighted by Crippen LogP contribution is 2.21. The molecule has 0 unspecified atom stereocenters. The second-order valence-corrected chi connectivity index (χ2v) is 8.19. The van der Waals surface area contributed by atoms with Gasteiger partial charge >= 0.3 is 9.28 Å². The minimum absolute atomic E-state index is 0.137. The Bertz CT molecular complexity index is 420. The predicted octanol–water partition coefficient (Wildman–Crippen LogP) is 4.87. The smallest absolute Gasteiger partial charge is 0.349 e. The molecule has 0 aliphatic carbocycles. The van der Waals surface area contributed by atoms with Gasteiger partial charge in [0.05, 0.1) is 11.2 Å². The fraction of sp³-hybridized carbons (Fsp3) is 0.556. The molecular weight excluding hydrogens is 276 g/mol. The van der Waals surface area contributed by atoms with Gasteiger partial charge < -0.3 is 8.85 Å². The van der Waals surface area contributed by atoms with Crippen LogP contribution in [-0.2, 0) is 8.85 Å². The lowest BCUT2D eigenvalue weighted by Gasteiger charge is -2.33.